The molecule has 26 heavy (non-hydrogen) atoms. The lowest BCUT2D eigenvalue weighted by Crippen LogP contribution is -2.25. The Morgan fingerprint density at radius 3 is 2.69 bits per heavy atom. The molecule has 3 aromatic rings. The van der Waals surface area contributed by atoms with Crippen molar-refractivity contribution >= 4 is 22.4 Å². The Labute approximate surface area is 149 Å². The maximum absolute atomic E-state index is 13.2. The van der Waals surface area contributed by atoms with Gasteiger partial charge in [0.25, 0.3) is 5.56 Å². The quantitative estimate of drug-likeness (QED) is 0.740. The number of aliphatic hydroxyl groups excluding tert-OH is 1. The number of amides is 1. The molecule has 0 aliphatic heterocycles. The zero-order valence-electron chi connectivity index (χ0n) is 14.3. The zero-order valence-corrected chi connectivity index (χ0v) is 14.3. The molecule has 1 amide bonds. The summed E-state index contributed by atoms with van der Waals surface area (Å²) in [4.78, 5) is 24.9. The highest BCUT2D eigenvalue weighted by molar-refractivity contribution is 6.02. The highest BCUT2D eigenvalue weighted by Crippen LogP contribution is 2.22. The number of anilines is 1. The van der Waals surface area contributed by atoms with Gasteiger partial charge in [-0.05, 0) is 42.8 Å². The van der Waals surface area contributed by atoms with Crippen molar-refractivity contribution in [1.82, 2.24) is 4.57 Å². The average Bonchev–Trinajstić information content (AvgIpc) is 2.62. The maximum Gasteiger partial charge on any atom is 0.258 e. The van der Waals surface area contributed by atoms with E-state index in [1.54, 1.807) is 49.5 Å². The number of aliphatic hydroxyl groups is 1. The van der Waals surface area contributed by atoms with Gasteiger partial charge in [-0.2, -0.15) is 0 Å². The van der Waals surface area contributed by atoms with Crippen molar-refractivity contribution in [3.8, 4) is 0 Å². The van der Waals surface area contributed by atoms with E-state index in [9.17, 15) is 19.1 Å². The van der Waals surface area contributed by atoms with E-state index in [1.807, 2.05) is 0 Å². The van der Waals surface area contributed by atoms with E-state index in [2.05, 4.69) is 5.32 Å². The molecule has 0 fully saturated rings. The van der Waals surface area contributed by atoms with Crippen LogP contribution in [-0.2, 0) is 11.2 Å². The normalized spacial score (nSPS) is 12.1. The van der Waals surface area contributed by atoms with Crippen molar-refractivity contribution in [2.24, 2.45) is 0 Å². The van der Waals surface area contributed by atoms with Crippen molar-refractivity contribution in [1.29, 1.82) is 0 Å². The van der Waals surface area contributed by atoms with Gasteiger partial charge in [-0.1, -0.05) is 18.2 Å². The second kappa shape index (κ2) is 7.49. The van der Waals surface area contributed by atoms with E-state index in [-0.39, 0.29) is 36.4 Å². The highest BCUT2D eigenvalue weighted by atomic mass is 19.1. The summed E-state index contributed by atoms with van der Waals surface area (Å²) in [6.45, 7) is 1.60. The number of nitrogens with zero attached hydrogens (tertiary/aromatic N) is 1. The largest absolute Gasteiger partial charge is 0.394 e. The molecule has 2 N–H and O–H groups in total. The van der Waals surface area contributed by atoms with Gasteiger partial charge < -0.3 is 15.0 Å². The number of aromatic nitrogens is 1. The van der Waals surface area contributed by atoms with Crippen LogP contribution < -0.4 is 10.9 Å². The van der Waals surface area contributed by atoms with Crippen molar-refractivity contribution in [3.05, 3.63) is 76.5 Å². The molecule has 1 atom stereocenters. The second-order valence-electron chi connectivity index (χ2n) is 6.18. The molecule has 1 aromatic heterocycles. The molecule has 5 nitrogen and oxygen atoms in total. The van der Waals surface area contributed by atoms with Crippen LogP contribution in [0.2, 0.25) is 0 Å². The van der Waals surface area contributed by atoms with Gasteiger partial charge >= 0.3 is 0 Å². The lowest BCUT2D eigenvalue weighted by molar-refractivity contribution is -0.115. The molecular weight excluding hydrogens is 335 g/mol. The van der Waals surface area contributed by atoms with Crippen LogP contribution in [0.4, 0.5) is 10.1 Å². The molecule has 3 rings (SSSR count). The summed E-state index contributed by atoms with van der Waals surface area (Å²) in [6, 6.07) is 12.4. The summed E-state index contributed by atoms with van der Waals surface area (Å²) >= 11 is 0. The van der Waals surface area contributed by atoms with Crippen LogP contribution in [0.1, 0.15) is 18.5 Å². The third kappa shape index (κ3) is 3.65. The minimum Gasteiger partial charge on any atom is -0.394 e. The van der Waals surface area contributed by atoms with Crippen molar-refractivity contribution < 1.29 is 14.3 Å². The lowest BCUT2D eigenvalue weighted by atomic mass is 10.1. The Bertz CT molecular complexity index is 1010. The van der Waals surface area contributed by atoms with Crippen LogP contribution in [0.5, 0.6) is 0 Å². The van der Waals surface area contributed by atoms with Gasteiger partial charge in [0.05, 0.1) is 19.1 Å². The molecule has 2 aromatic carbocycles. The predicted octanol–water partition coefficient (Wildman–Crippen LogP) is 2.88. The predicted molar refractivity (Wildman–Crippen MR) is 98.7 cm³/mol. The van der Waals surface area contributed by atoms with Crippen LogP contribution in [-0.4, -0.2) is 22.2 Å². The molecule has 0 aliphatic rings. The molecule has 0 aliphatic carbocycles. The minimum atomic E-state index is -0.390. The fraction of sp³-hybridized carbons (Fsp3) is 0.200. The van der Waals surface area contributed by atoms with E-state index in [0.717, 1.165) is 0 Å². The Morgan fingerprint density at radius 1 is 1.19 bits per heavy atom. The molecular formula is C20H19FN2O3. The number of carbonyl (C=O) groups excluding carboxylic acids is 1. The van der Waals surface area contributed by atoms with E-state index in [1.165, 1.54) is 16.7 Å². The summed E-state index contributed by atoms with van der Waals surface area (Å²) in [7, 11) is 0. The Balaban J connectivity index is 1.89. The molecule has 0 saturated carbocycles. The van der Waals surface area contributed by atoms with Crippen molar-refractivity contribution in [3.63, 3.8) is 0 Å². The van der Waals surface area contributed by atoms with Crippen molar-refractivity contribution in [2.75, 3.05) is 11.9 Å². The first-order valence-corrected chi connectivity index (χ1v) is 8.28. The number of nitrogens with one attached hydrogen (secondary N) is 1. The number of fused-ring (bicyclic) bond motifs is 1. The molecule has 0 saturated heterocycles. The first-order chi connectivity index (χ1) is 12.5. The monoisotopic (exact) mass is 354 g/mol. The zero-order chi connectivity index (χ0) is 18.7. The number of benzene rings is 2. The van der Waals surface area contributed by atoms with Gasteiger partial charge in [0.15, 0.2) is 0 Å². The third-order valence-electron chi connectivity index (χ3n) is 4.24. The molecule has 0 spiro atoms. The van der Waals surface area contributed by atoms with Gasteiger partial charge in [-0.25, -0.2) is 4.39 Å². The number of hydrogen-bond acceptors (Lipinski definition) is 3. The molecule has 134 valence electrons. The fourth-order valence-corrected chi connectivity index (χ4v) is 2.86. The maximum atomic E-state index is 13.2. The molecule has 1 heterocycles. The number of halogens is 1. The molecule has 0 radical (unpaired) electrons. The fourth-order valence-electron chi connectivity index (χ4n) is 2.86. The van der Waals surface area contributed by atoms with Crippen LogP contribution in [0.25, 0.3) is 10.8 Å². The van der Waals surface area contributed by atoms with Crippen LogP contribution in [0, 0.1) is 5.82 Å². The first kappa shape index (κ1) is 17.8. The minimum absolute atomic E-state index is 0.0345. The van der Waals surface area contributed by atoms with Gasteiger partial charge in [0.2, 0.25) is 5.91 Å². The molecule has 0 unspecified atom stereocenters. The van der Waals surface area contributed by atoms with Crippen molar-refractivity contribution in [2.45, 2.75) is 19.4 Å². The average molecular weight is 354 g/mol. The Kier molecular flexibility index (Phi) is 5.14. The molecule has 0 bridgehead atoms. The summed E-state index contributed by atoms with van der Waals surface area (Å²) in [5, 5.41) is 13.1. The Morgan fingerprint density at radius 2 is 1.96 bits per heavy atom. The van der Waals surface area contributed by atoms with E-state index in [4.69, 9.17) is 0 Å². The summed E-state index contributed by atoms with van der Waals surface area (Å²) in [6.07, 6.45) is 1.64. The number of carbonyl (C=O) groups is 1. The van der Waals surface area contributed by atoms with Crippen LogP contribution in [0.3, 0.4) is 0 Å². The highest BCUT2D eigenvalue weighted by Gasteiger charge is 2.12. The van der Waals surface area contributed by atoms with Gasteiger partial charge in [-0.15, -0.1) is 0 Å². The number of pyridine rings is 1. The van der Waals surface area contributed by atoms with Crippen LogP contribution >= 0.6 is 0 Å². The summed E-state index contributed by atoms with van der Waals surface area (Å²) in [5.74, 6) is -0.685. The standard InChI is InChI=1S/C20H19FN2O3/c1-13(12-24)23-9-8-16-17(20(23)26)6-3-7-18(16)22-19(25)11-14-4-2-5-15(21)10-14/h2-10,13,24H,11-12H2,1H3,(H,22,25)/t13-/m1/s1. The smallest absolute Gasteiger partial charge is 0.258 e. The lowest BCUT2D eigenvalue weighted by Gasteiger charge is -2.14. The van der Waals surface area contributed by atoms with Crippen LogP contribution in [0.15, 0.2) is 59.5 Å². The summed E-state index contributed by atoms with van der Waals surface area (Å²) in [5.41, 5.74) is 0.858. The number of rotatable bonds is 5. The topological polar surface area (TPSA) is 71.3 Å². The van der Waals surface area contributed by atoms with E-state index in [0.29, 0.717) is 22.0 Å². The number of hydrogen-bond donors (Lipinski definition) is 2. The van der Waals surface area contributed by atoms with E-state index < -0.39 is 0 Å². The first-order valence-electron chi connectivity index (χ1n) is 8.28. The SMILES string of the molecule is C[C@H](CO)n1ccc2c(NC(=O)Cc3cccc(F)c3)cccc2c1=O. The van der Waals surface area contributed by atoms with E-state index >= 15 is 0 Å². The summed E-state index contributed by atoms with van der Waals surface area (Å²) < 4.78 is 14.7. The van der Waals surface area contributed by atoms with Gasteiger partial charge in [-0.3, -0.25) is 9.59 Å². The van der Waals surface area contributed by atoms with Gasteiger partial charge in [0, 0.05) is 22.7 Å². The Hall–Kier alpha value is -2.99. The third-order valence-corrected chi connectivity index (χ3v) is 4.24. The van der Waals surface area contributed by atoms with Gasteiger partial charge in [0.1, 0.15) is 5.82 Å². The second-order valence-corrected chi connectivity index (χ2v) is 6.18. The molecule has 6 heteroatoms.